The Kier molecular flexibility index (Phi) is 13.6. The van der Waals surface area contributed by atoms with Gasteiger partial charge in [-0.2, -0.15) is 4.31 Å². The number of imidazole rings is 2. The number of rotatable bonds is 13. The predicted octanol–water partition coefficient (Wildman–Crippen LogP) is 10.7. The molecule has 0 amide bonds. The molecule has 4 aliphatic heterocycles. The summed E-state index contributed by atoms with van der Waals surface area (Å²) in [4.78, 5) is 33.5. The van der Waals surface area contributed by atoms with Crippen LogP contribution in [0.25, 0.3) is 44.6 Å². The quantitative estimate of drug-likeness (QED) is 0.104. The van der Waals surface area contributed by atoms with Crippen molar-refractivity contribution in [1.29, 1.82) is 0 Å². The summed E-state index contributed by atoms with van der Waals surface area (Å²) in [6.45, 7) is 15.1. The second kappa shape index (κ2) is 21.0. The Hall–Kier alpha value is -8.57. The summed E-state index contributed by atoms with van der Waals surface area (Å²) in [7, 11) is -4.02. The molecule has 9 aromatic rings. The lowest BCUT2D eigenvalue weighted by Gasteiger charge is -2.46. The summed E-state index contributed by atoms with van der Waals surface area (Å²) in [5.41, 5.74) is 5.23. The van der Waals surface area contributed by atoms with Gasteiger partial charge in [-0.3, -0.25) is 0 Å². The van der Waals surface area contributed by atoms with Gasteiger partial charge in [-0.25, -0.2) is 55.9 Å². The summed E-state index contributed by atoms with van der Waals surface area (Å²) in [6.07, 6.45) is 0.717. The zero-order chi connectivity index (χ0) is 57.6. The minimum absolute atomic E-state index is 0.0105. The van der Waals surface area contributed by atoms with Gasteiger partial charge in [0.05, 0.1) is 52.1 Å². The molecule has 0 spiro atoms. The van der Waals surface area contributed by atoms with E-state index in [9.17, 15) is 8.42 Å². The maximum atomic E-state index is 17.1. The molecule has 2 unspecified atom stereocenters. The first-order valence-electron chi connectivity index (χ1n) is 27.8. The maximum absolute atomic E-state index is 17.1. The van der Waals surface area contributed by atoms with E-state index < -0.39 is 39.0 Å². The number of para-hydroxylation sites is 1. The molecule has 2 fully saturated rings. The molecule has 2 atom stereocenters. The number of aryl methyl sites for hydroxylation is 3. The molecule has 0 radical (unpaired) electrons. The molecule has 2 saturated heterocycles. The lowest BCUT2D eigenvalue weighted by Crippen LogP contribution is -2.58. The zero-order valence-electron chi connectivity index (χ0n) is 46.5. The van der Waals surface area contributed by atoms with Gasteiger partial charge < -0.3 is 43.9 Å². The van der Waals surface area contributed by atoms with Gasteiger partial charge in [0.2, 0.25) is 21.9 Å². The number of sulfonamides is 1. The first kappa shape index (κ1) is 53.7. The van der Waals surface area contributed by atoms with Gasteiger partial charge in [0.1, 0.15) is 58.8 Å². The Labute approximate surface area is 476 Å². The standard InChI is InChI=1S/C60H60F4N14O4S/c1-33(2)77-35(5)66-57-44(61)22-37(24-50(57)77)55-46(63)28-65-59(71-55)68-39-12-14-49-52(26-39)82-32-43-30-74(18-20-76(43)49)83(79,80)21-16-47-54(64)56(38-23-45(62)58-51(25-38)78(34(3)4)36(6)67-58)72-60(70-47)69-40-13-15-48-53(27-40)81-31-42-29-73(17-19-75(42)48)41-10-8-7-9-11-41/h7-15,22-28,33-34,42-43H,16-21,29-32H2,1-6H3,(H,65,68,71)(H,69,70,72). The number of piperazine rings is 2. The highest BCUT2D eigenvalue weighted by molar-refractivity contribution is 7.89. The van der Waals surface area contributed by atoms with Crippen LogP contribution in [0.15, 0.2) is 97.2 Å². The first-order chi connectivity index (χ1) is 39.9. The van der Waals surface area contributed by atoms with Gasteiger partial charge in [-0.05, 0) is 102 Å². The summed E-state index contributed by atoms with van der Waals surface area (Å²) in [6, 6.07) is 26.9. The monoisotopic (exact) mass is 1150 g/mol. The van der Waals surface area contributed by atoms with Crippen LogP contribution in [0.5, 0.6) is 11.5 Å². The number of hydrogen-bond donors (Lipinski definition) is 2. The number of hydrogen-bond acceptors (Lipinski definition) is 15. The van der Waals surface area contributed by atoms with Crippen molar-refractivity contribution in [3.8, 4) is 34.0 Å². The van der Waals surface area contributed by atoms with Crippen LogP contribution in [0, 0.1) is 37.1 Å². The Balaban J connectivity index is 0.721. The number of anilines is 7. The molecule has 0 aliphatic carbocycles. The van der Waals surface area contributed by atoms with E-state index in [1.54, 1.807) is 38.1 Å². The van der Waals surface area contributed by atoms with Crippen LogP contribution in [0.2, 0.25) is 0 Å². The average molecular weight is 1150 g/mol. The molecule has 0 bridgehead atoms. The minimum atomic E-state index is -4.02. The third-order valence-corrected chi connectivity index (χ3v) is 17.9. The van der Waals surface area contributed by atoms with Crippen LogP contribution in [-0.2, 0) is 16.4 Å². The number of nitrogens with zero attached hydrogens (tertiary/aromatic N) is 12. The van der Waals surface area contributed by atoms with Gasteiger partial charge in [0, 0.05) is 98.1 Å². The Morgan fingerprint density at radius 1 is 0.614 bits per heavy atom. The van der Waals surface area contributed by atoms with Gasteiger partial charge in [-0.15, -0.1) is 0 Å². The van der Waals surface area contributed by atoms with Gasteiger partial charge in [0.15, 0.2) is 23.3 Å². The number of aromatic nitrogens is 8. The molecule has 0 saturated carbocycles. The lowest BCUT2D eigenvalue weighted by atomic mass is 10.1. The van der Waals surface area contributed by atoms with Gasteiger partial charge in [0.25, 0.3) is 0 Å². The molecule has 13 rings (SSSR count). The number of halogens is 4. The third kappa shape index (κ3) is 9.91. The molecule has 18 nitrogen and oxygen atoms in total. The van der Waals surface area contributed by atoms with Crippen LogP contribution in [0.4, 0.5) is 57.9 Å². The molecule has 8 heterocycles. The lowest BCUT2D eigenvalue weighted by molar-refractivity contribution is 0.216. The highest BCUT2D eigenvalue weighted by Gasteiger charge is 2.38. The van der Waals surface area contributed by atoms with E-state index in [0.717, 1.165) is 37.2 Å². The highest BCUT2D eigenvalue weighted by atomic mass is 32.2. The van der Waals surface area contributed by atoms with E-state index in [1.165, 1.54) is 22.1 Å². The Morgan fingerprint density at radius 3 is 1.77 bits per heavy atom. The fourth-order valence-electron chi connectivity index (χ4n) is 12.3. The second-order valence-corrected chi connectivity index (χ2v) is 24.2. The smallest absolute Gasteiger partial charge is 0.228 e. The van der Waals surface area contributed by atoms with E-state index in [4.69, 9.17) is 9.47 Å². The molecule has 83 heavy (non-hydrogen) atoms. The molecule has 5 aromatic carbocycles. The summed E-state index contributed by atoms with van der Waals surface area (Å²) >= 11 is 0. The van der Waals surface area contributed by atoms with Gasteiger partial charge in [-0.1, -0.05) is 18.2 Å². The average Bonchev–Trinajstić information content (AvgIpc) is 4.29. The molecule has 4 aliphatic rings. The van der Waals surface area contributed by atoms with Crippen LogP contribution in [0.1, 0.15) is 57.1 Å². The van der Waals surface area contributed by atoms with Gasteiger partial charge >= 0.3 is 0 Å². The van der Waals surface area contributed by atoms with Crippen molar-refractivity contribution in [3.05, 3.63) is 138 Å². The van der Waals surface area contributed by atoms with Crippen molar-refractivity contribution in [1.82, 2.24) is 43.3 Å². The normalized spacial score (nSPS) is 17.1. The maximum Gasteiger partial charge on any atom is 0.228 e. The SMILES string of the molecule is Cc1nc2c(F)cc(-c3nc(Nc4ccc5c(c4)OCC4CN(S(=O)(=O)CCc6nc(Nc7ccc8c(c7)OCC7CN(c9ccccc9)CCN87)nc(-c7cc(F)c8nc(C)n(C(C)C)c8c7)c6F)CCN54)ncc3F)cc2n1C(C)C. The van der Waals surface area contributed by atoms with E-state index in [1.807, 2.05) is 79.3 Å². The van der Waals surface area contributed by atoms with Crippen molar-refractivity contribution in [2.45, 2.75) is 72.1 Å². The molecular formula is C60H60F4N14O4S. The van der Waals surface area contributed by atoms with Crippen molar-refractivity contribution in [2.75, 3.05) is 83.6 Å². The van der Waals surface area contributed by atoms with E-state index >= 15 is 17.6 Å². The summed E-state index contributed by atoms with van der Waals surface area (Å²) in [5, 5.41) is 6.35. The third-order valence-electron chi connectivity index (χ3n) is 16.0. The fourth-order valence-corrected chi connectivity index (χ4v) is 13.7. The molecular weight excluding hydrogens is 1090 g/mol. The first-order valence-corrected chi connectivity index (χ1v) is 29.4. The predicted molar refractivity (Wildman–Crippen MR) is 312 cm³/mol. The molecule has 4 aromatic heterocycles. The molecule has 23 heteroatoms. The van der Waals surface area contributed by atoms with Crippen LogP contribution >= 0.6 is 0 Å². The second-order valence-electron chi connectivity index (χ2n) is 22.1. The largest absolute Gasteiger partial charge is 0.489 e. The van der Waals surface area contributed by atoms with E-state index in [0.29, 0.717) is 58.7 Å². The van der Waals surface area contributed by atoms with Crippen molar-refractivity contribution < 1.29 is 35.5 Å². The highest BCUT2D eigenvalue weighted by Crippen LogP contribution is 2.41. The number of nitrogens with one attached hydrogen (secondary N) is 2. The van der Waals surface area contributed by atoms with E-state index in [-0.39, 0.29) is 101 Å². The Bertz CT molecular complexity index is 4140. The number of fused-ring (bicyclic) bond motifs is 8. The van der Waals surface area contributed by atoms with Crippen molar-refractivity contribution in [2.24, 2.45) is 0 Å². The van der Waals surface area contributed by atoms with Crippen molar-refractivity contribution in [3.63, 3.8) is 0 Å². The summed E-state index contributed by atoms with van der Waals surface area (Å²) < 4.78 is 110. The summed E-state index contributed by atoms with van der Waals surface area (Å²) in [5.74, 6) is -0.819. The topological polar surface area (TPSA) is 177 Å². The zero-order valence-corrected chi connectivity index (χ0v) is 47.4. The van der Waals surface area contributed by atoms with Crippen LogP contribution < -0.4 is 34.8 Å². The number of ether oxygens (including phenoxy) is 2. The molecule has 2 N–H and O–H groups in total. The van der Waals surface area contributed by atoms with Crippen LogP contribution in [0.3, 0.4) is 0 Å². The Morgan fingerprint density at radius 2 is 1.17 bits per heavy atom. The minimum Gasteiger partial charge on any atom is -0.489 e. The fraction of sp³-hybridized carbons (Fsp3) is 0.333. The van der Waals surface area contributed by atoms with E-state index in [2.05, 4.69) is 67.4 Å². The molecule has 428 valence electrons. The number of benzene rings is 5. The van der Waals surface area contributed by atoms with Crippen molar-refractivity contribution >= 4 is 72.4 Å². The van der Waals surface area contributed by atoms with Crippen LogP contribution in [-0.4, -0.2) is 122 Å².